The van der Waals surface area contributed by atoms with Crippen LogP contribution in [0.25, 0.3) is 11.0 Å². The second-order valence-electron chi connectivity index (χ2n) is 7.03. The summed E-state index contributed by atoms with van der Waals surface area (Å²) < 4.78 is 7.82. The van der Waals surface area contributed by atoms with E-state index in [0.717, 1.165) is 49.2 Å². The Bertz CT molecular complexity index is 868. The van der Waals surface area contributed by atoms with Gasteiger partial charge in [0, 0.05) is 26.2 Å². The maximum Gasteiger partial charge on any atom is 0.208 e. The van der Waals surface area contributed by atoms with Gasteiger partial charge in [0.25, 0.3) is 0 Å². The van der Waals surface area contributed by atoms with Gasteiger partial charge >= 0.3 is 0 Å². The van der Waals surface area contributed by atoms with Gasteiger partial charge in [0.05, 0.1) is 30.3 Å². The Morgan fingerprint density at radius 1 is 1.32 bits per heavy atom. The molecule has 3 heterocycles. The molecule has 1 aliphatic heterocycles. The number of likely N-dealkylation sites (tertiary alicyclic amines) is 1. The topological polar surface area (TPSA) is 50.3 Å². The molecule has 0 amide bonds. The third-order valence-electron chi connectivity index (χ3n) is 5.17. The lowest BCUT2D eigenvalue weighted by Gasteiger charge is -2.23. The van der Waals surface area contributed by atoms with E-state index in [4.69, 9.17) is 9.40 Å². The maximum atomic E-state index is 5.61. The number of rotatable bonds is 5. The molecule has 1 aliphatic rings. The number of nitrogens with zero attached hydrogens (tertiary/aromatic N) is 5. The van der Waals surface area contributed by atoms with Gasteiger partial charge in [-0.3, -0.25) is 9.80 Å². The van der Waals surface area contributed by atoms with E-state index in [-0.39, 0.29) is 0 Å². The average molecular weight is 339 g/mol. The van der Waals surface area contributed by atoms with Crippen LogP contribution in [0.5, 0.6) is 0 Å². The fraction of sp³-hybridized carbons (Fsp3) is 0.474. The molecule has 3 aromatic rings. The number of imidazole rings is 1. The molecule has 1 aromatic carbocycles. The van der Waals surface area contributed by atoms with Crippen molar-refractivity contribution in [2.45, 2.75) is 32.5 Å². The van der Waals surface area contributed by atoms with Crippen molar-refractivity contribution in [3.8, 4) is 0 Å². The molecule has 1 fully saturated rings. The van der Waals surface area contributed by atoms with E-state index in [9.17, 15) is 0 Å². The van der Waals surface area contributed by atoms with E-state index in [0.29, 0.717) is 6.04 Å². The number of benzene rings is 1. The second kappa shape index (κ2) is 6.61. The minimum absolute atomic E-state index is 0.530. The number of hydrogen-bond donors (Lipinski definition) is 0. The van der Waals surface area contributed by atoms with Crippen LogP contribution in [-0.4, -0.2) is 50.5 Å². The van der Waals surface area contributed by atoms with Crippen molar-refractivity contribution in [3.63, 3.8) is 0 Å². The smallest absolute Gasteiger partial charge is 0.208 e. The average Bonchev–Trinajstić information content (AvgIpc) is 3.29. The minimum atomic E-state index is 0.530. The summed E-state index contributed by atoms with van der Waals surface area (Å²) in [7, 11) is 4.26. The summed E-state index contributed by atoms with van der Waals surface area (Å²) in [5.74, 6) is 2.81. The highest BCUT2D eigenvalue weighted by atomic mass is 16.4. The van der Waals surface area contributed by atoms with Gasteiger partial charge in [0.15, 0.2) is 0 Å². The fourth-order valence-corrected chi connectivity index (χ4v) is 3.67. The molecule has 0 spiro atoms. The van der Waals surface area contributed by atoms with Gasteiger partial charge in [-0.2, -0.15) is 0 Å². The largest absolute Gasteiger partial charge is 0.445 e. The lowest BCUT2D eigenvalue weighted by Crippen LogP contribution is -2.34. The van der Waals surface area contributed by atoms with Crippen LogP contribution in [0.1, 0.15) is 23.9 Å². The van der Waals surface area contributed by atoms with Crippen LogP contribution in [-0.2, 0) is 20.1 Å². The Hall–Kier alpha value is -2.18. The Kier molecular flexibility index (Phi) is 4.31. The zero-order valence-corrected chi connectivity index (χ0v) is 15.1. The normalized spacial score (nSPS) is 18.6. The third-order valence-corrected chi connectivity index (χ3v) is 5.17. The molecule has 2 aromatic heterocycles. The standard InChI is InChI=1S/C19H25N5O/c1-14-10-20-19(25-14)13-22(2)15-8-9-24(11-15)12-18-21-16-6-4-5-7-17(16)23(18)3/h4-7,10,15H,8-9,11-13H2,1-3H3/t15-/m0/s1. The van der Waals surface area contributed by atoms with E-state index in [1.165, 1.54) is 11.9 Å². The molecule has 6 nitrogen and oxygen atoms in total. The number of likely N-dealkylation sites (N-methyl/N-ethyl adjacent to an activating group) is 1. The maximum absolute atomic E-state index is 5.61. The Morgan fingerprint density at radius 2 is 2.16 bits per heavy atom. The van der Waals surface area contributed by atoms with Crippen molar-refractivity contribution in [3.05, 3.63) is 47.9 Å². The lowest BCUT2D eigenvalue weighted by molar-refractivity contribution is 0.203. The first-order chi connectivity index (χ1) is 12.1. The first-order valence-corrected chi connectivity index (χ1v) is 8.84. The highest BCUT2D eigenvalue weighted by molar-refractivity contribution is 5.75. The molecule has 1 saturated heterocycles. The first-order valence-electron chi connectivity index (χ1n) is 8.84. The number of aryl methyl sites for hydroxylation is 2. The highest BCUT2D eigenvalue weighted by Crippen LogP contribution is 2.21. The number of hydrogen-bond acceptors (Lipinski definition) is 5. The lowest BCUT2D eigenvalue weighted by atomic mass is 10.2. The number of fused-ring (bicyclic) bond motifs is 1. The zero-order valence-electron chi connectivity index (χ0n) is 15.1. The van der Waals surface area contributed by atoms with Gasteiger partial charge in [-0.25, -0.2) is 9.97 Å². The molecule has 0 saturated carbocycles. The van der Waals surface area contributed by atoms with Gasteiger partial charge < -0.3 is 8.98 Å². The molecule has 0 radical (unpaired) electrons. The summed E-state index contributed by atoms with van der Waals surface area (Å²) in [6.07, 6.45) is 2.95. The van der Waals surface area contributed by atoms with Crippen LogP contribution in [0.2, 0.25) is 0 Å². The quantitative estimate of drug-likeness (QED) is 0.715. The summed E-state index contributed by atoms with van der Waals surface area (Å²) in [6, 6.07) is 8.85. The Balaban J connectivity index is 1.39. The van der Waals surface area contributed by atoms with Gasteiger partial charge in [0.1, 0.15) is 11.6 Å². The second-order valence-corrected chi connectivity index (χ2v) is 7.03. The van der Waals surface area contributed by atoms with E-state index in [2.05, 4.69) is 51.6 Å². The number of aromatic nitrogens is 3. The summed E-state index contributed by atoms with van der Waals surface area (Å²) >= 11 is 0. The predicted octanol–water partition coefficient (Wildman–Crippen LogP) is 2.58. The third kappa shape index (κ3) is 3.32. The van der Waals surface area contributed by atoms with Crippen molar-refractivity contribution in [1.29, 1.82) is 0 Å². The molecule has 6 heteroatoms. The highest BCUT2D eigenvalue weighted by Gasteiger charge is 2.27. The van der Waals surface area contributed by atoms with E-state index in [1.807, 2.05) is 13.0 Å². The van der Waals surface area contributed by atoms with Crippen molar-refractivity contribution < 1.29 is 4.42 Å². The van der Waals surface area contributed by atoms with Crippen LogP contribution in [0, 0.1) is 6.92 Å². The molecule has 1 atom stereocenters. The zero-order chi connectivity index (χ0) is 17.4. The van der Waals surface area contributed by atoms with Crippen molar-refractivity contribution >= 4 is 11.0 Å². The molecule has 0 aliphatic carbocycles. The summed E-state index contributed by atoms with van der Waals surface area (Å²) in [4.78, 5) is 14.0. The molecular formula is C19H25N5O. The van der Waals surface area contributed by atoms with Gasteiger partial charge in [0.2, 0.25) is 5.89 Å². The van der Waals surface area contributed by atoms with Crippen LogP contribution < -0.4 is 0 Å². The molecule has 132 valence electrons. The summed E-state index contributed by atoms with van der Waals surface area (Å²) in [5, 5.41) is 0. The van der Waals surface area contributed by atoms with Crippen molar-refractivity contribution in [2.75, 3.05) is 20.1 Å². The first kappa shape index (κ1) is 16.3. The molecular weight excluding hydrogens is 314 g/mol. The van der Waals surface area contributed by atoms with Crippen molar-refractivity contribution in [2.24, 2.45) is 7.05 Å². The van der Waals surface area contributed by atoms with E-state index >= 15 is 0 Å². The number of oxazole rings is 1. The summed E-state index contributed by atoms with van der Waals surface area (Å²) in [6.45, 7) is 5.75. The van der Waals surface area contributed by atoms with Crippen LogP contribution in [0.3, 0.4) is 0 Å². The molecule has 0 N–H and O–H groups in total. The van der Waals surface area contributed by atoms with E-state index < -0.39 is 0 Å². The monoisotopic (exact) mass is 339 g/mol. The van der Waals surface area contributed by atoms with Gasteiger partial charge in [-0.05, 0) is 32.5 Å². The Morgan fingerprint density at radius 3 is 2.92 bits per heavy atom. The van der Waals surface area contributed by atoms with Gasteiger partial charge in [-0.15, -0.1) is 0 Å². The molecule has 4 rings (SSSR count). The SMILES string of the molecule is Cc1cnc(CN(C)[C@H]2CCN(Cc3nc4ccccc4n3C)C2)o1. The van der Waals surface area contributed by atoms with E-state index in [1.54, 1.807) is 6.20 Å². The summed E-state index contributed by atoms with van der Waals surface area (Å²) in [5.41, 5.74) is 2.27. The molecule has 0 unspecified atom stereocenters. The minimum Gasteiger partial charge on any atom is -0.445 e. The molecule has 25 heavy (non-hydrogen) atoms. The van der Waals surface area contributed by atoms with Crippen LogP contribution in [0.4, 0.5) is 0 Å². The van der Waals surface area contributed by atoms with Crippen LogP contribution >= 0.6 is 0 Å². The van der Waals surface area contributed by atoms with Crippen LogP contribution in [0.15, 0.2) is 34.9 Å². The Labute approximate surface area is 148 Å². The van der Waals surface area contributed by atoms with Crippen molar-refractivity contribution in [1.82, 2.24) is 24.3 Å². The fourth-order valence-electron chi connectivity index (χ4n) is 3.67. The predicted molar refractivity (Wildman–Crippen MR) is 97.1 cm³/mol. The molecule has 0 bridgehead atoms. The van der Waals surface area contributed by atoms with Gasteiger partial charge in [-0.1, -0.05) is 12.1 Å². The number of para-hydroxylation sites is 2.